The summed E-state index contributed by atoms with van der Waals surface area (Å²) in [6.07, 6.45) is 5.48. The van der Waals surface area contributed by atoms with Crippen LogP contribution in [0.5, 0.6) is 5.75 Å². The van der Waals surface area contributed by atoms with Crippen LogP contribution >= 0.6 is 0 Å². The molecule has 6 rings (SSSR count). The standard InChI is InChI=1S/C24H27NO4/c1-24(2,3)13-4-6-14(7-5-13)29-19(26)10-11-25-22(27)20-15-8-9-16(18-12-17(15)18)21(20)23(25)28/h4-9,15-18,20-21H,10-12H2,1-3H3/t15-,16+,17-,18-,20+,21+/m1/s1. The Morgan fingerprint density at radius 2 is 1.55 bits per heavy atom. The first-order valence-corrected chi connectivity index (χ1v) is 10.6. The molecule has 1 aromatic rings. The second-order valence-corrected chi connectivity index (χ2v) is 9.98. The fourth-order valence-corrected chi connectivity index (χ4v) is 5.65. The van der Waals surface area contributed by atoms with Gasteiger partial charge in [0.1, 0.15) is 5.75 Å². The first-order chi connectivity index (χ1) is 13.8. The van der Waals surface area contributed by atoms with Crippen molar-refractivity contribution in [2.24, 2.45) is 35.5 Å². The molecule has 4 aliphatic carbocycles. The normalized spacial score (nSPS) is 34.2. The van der Waals surface area contributed by atoms with E-state index in [9.17, 15) is 14.4 Å². The smallest absolute Gasteiger partial charge is 0.312 e. The summed E-state index contributed by atoms with van der Waals surface area (Å²) >= 11 is 0. The van der Waals surface area contributed by atoms with E-state index in [1.54, 1.807) is 12.1 Å². The lowest BCUT2D eigenvalue weighted by Crippen LogP contribution is -2.40. The number of benzene rings is 1. The molecule has 0 unspecified atom stereocenters. The number of hydrogen-bond donors (Lipinski definition) is 0. The molecular weight excluding hydrogens is 366 g/mol. The first kappa shape index (κ1) is 18.6. The quantitative estimate of drug-likeness (QED) is 0.341. The highest BCUT2D eigenvalue weighted by Crippen LogP contribution is 2.65. The Balaban J connectivity index is 1.20. The zero-order valence-electron chi connectivity index (χ0n) is 17.1. The molecule has 1 aromatic carbocycles. The fraction of sp³-hybridized carbons (Fsp3) is 0.542. The Morgan fingerprint density at radius 1 is 1.00 bits per heavy atom. The predicted octanol–water partition coefficient (Wildman–Crippen LogP) is 3.33. The van der Waals surface area contributed by atoms with E-state index >= 15 is 0 Å². The molecular formula is C24H27NO4. The molecule has 5 nitrogen and oxygen atoms in total. The molecule has 0 radical (unpaired) electrons. The number of esters is 1. The highest BCUT2D eigenvalue weighted by atomic mass is 16.5. The van der Waals surface area contributed by atoms with Crippen molar-refractivity contribution in [3.63, 3.8) is 0 Å². The van der Waals surface area contributed by atoms with Crippen LogP contribution < -0.4 is 4.74 Å². The SMILES string of the molecule is CC(C)(C)c1ccc(OC(=O)CCN2C(=O)[C@H]3[C@@H]4C=C[C@@H]([C@H]5C[C@H]45)[C@@H]3C2=O)cc1. The number of carbonyl (C=O) groups excluding carboxylic acids is 3. The van der Waals surface area contributed by atoms with Gasteiger partial charge in [0.25, 0.3) is 0 Å². The summed E-state index contributed by atoms with van der Waals surface area (Å²) in [4.78, 5) is 39.5. The lowest BCUT2D eigenvalue weighted by atomic mass is 9.63. The molecule has 0 spiro atoms. The molecule has 2 amide bonds. The average Bonchev–Trinajstić information content (AvgIpc) is 3.45. The van der Waals surface area contributed by atoms with Crippen molar-refractivity contribution in [1.82, 2.24) is 4.90 Å². The molecule has 2 bridgehead atoms. The number of allylic oxidation sites excluding steroid dienone is 2. The Hall–Kier alpha value is -2.43. The van der Waals surface area contributed by atoms with Gasteiger partial charge in [0.15, 0.2) is 0 Å². The fourth-order valence-electron chi connectivity index (χ4n) is 5.65. The minimum atomic E-state index is -0.423. The number of imide groups is 1. The van der Waals surface area contributed by atoms with Crippen molar-refractivity contribution >= 4 is 17.8 Å². The predicted molar refractivity (Wildman–Crippen MR) is 107 cm³/mol. The van der Waals surface area contributed by atoms with Gasteiger partial charge in [0, 0.05) is 6.54 Å². The molecule has 1 heterocycles. The Kier molecular flexibility index (Phi) is 4.03. The summed E-state index contributed by atoms with van der Waals surface area (Å²) in [6.45, 7) is 6.49. The van der Waals surface area contributed by atoms with Crippen molar-refractivity contribution in [2.75, 3.05) is 6.54 Å². The van der Waals surface area contributed by atoms with Crippen LogP contribution in [0, 0.1) is 35.5 Å². The molecule has 1 aliphatic heterocycles. The van der Waals surface area contributed by atoms with Crippen molar-refractivity contribution < 1.29 is 19.1 Å². The third-order valence-electron chi connectivity index (χ3n) is 7.25. The molecule has 5 aliphatic rings. The topological polar surface area (TPSA) is 63.7 Å². The van der Waals surface area contributed by atoms with Crippen molar-refractivity contribution in [2.45, 2.75) is 39.0 Å². The van der Waals surface area contributed by atoms with E-state index in [0.717, 1.165) is 12.0 Å². The third kappa shape index (κ3) is 2.93. The van der Waals surface area contributed by atoms with Gasteiger partial charge < -0.3 is 4.74 Å². The van der Waals surface area contributed by atoms with Gasteiger partial charge in [0.05, 0.1) is 18.3 Å². The molecule has 0 N–H and O–H groups in total. The van der Waals surface area contributed by atoms with E-state index in [1.807, 2.05) is 12.1 Å². The summed E-state index contributed by atoms with van der Waals surface area (Å²) in [5.74, 6) is 1.07. The van der Waals surface area contributed by atoms with E-state index < -0.39 is 5.97 Å². The van der Waals surface area contributed by atoms with Gasteiger partial charge in [0.2, 0.25) is 11.8 Å². The Morgan fingerprint density at radius 3 is 2.07 bits per heavy atom. The maximum atomic E-state index is 12.9. The van der Waals surface area contributed by atoms with Gasteiger partial charge in [-0.25, -0.2) is 0 Å². The summed E-state index contributed by atoms with van der Waals surface area (Å²) in [5.41, 5.74) is 1.19. The lowest BCUT2D eigenvalue weighted by molar-refractivity contribution is -0.141. The minimum absolute atomic E-state index is 0.0214. The van der Waals surface area contributed by atoms with E-state index in [2.05, 4.69) is 32.9 Å². The Bertz CT molecular complexity index is 874. The number of rotatable bonds is 4. The van der Waals surface area contributed by atoms with Crippen molar-refractivity contribution in [3.05, 3.63) is 42.0 Å². The van der Waals surface area contributed by atoms with Gasteiger partial charge >= 0.3 is 5.97 Å². The number of likely N-dealkylation sites (tertiary alicyclic amines) is 1. The van der Waals surface area contributed by atoms with Gasteiger partial charge in [-0.05, 0) is 53.2 Å². The number of nitrogens with zero attached hydrogens (tertiary/aromatic N) is 1. The number of amides is 2. The van der Waals surface area contributed by atoms with Crippen LogP contribution in [0.15, 0.2) is 36.4 Å². The molecule has 5 heteroatoms. The van der Waals surface area contributed by atoms with E-state index in [1.165, 1.54) is 4.90 Å². The molecule has 152 valence electrons. The second kappa shape index (κ2) is 6.28. The second-order valence-electron chi connectivity index (χ2n) is 9.98. The Labute approximate surface area is 171 Å². The van der Waals surface area contributed by atoms with Crippen molar-refractivity contribution in [3.8, 4) is 5.75 Å². The van der Waals surface area contributed by atoms with Gasteiger partial charge in [-0.1, -0.05) is 45.1 Å². The molecule has 2 saturated carbocycles. The largest absolute Gasteiger partial charge is 0.426 e. The van der Waals surface area contributed by atoms with Crippen LogP contribution in [0.2, 0.25) is 0 Å². The van der Waals surface area contributed by atoms with Crippen LogP contribution in [0.4, 0.5) is 0 Å². The zero-order chi connectivity index (χ0) is 20.5. The maximum absolute atomic E-state index is 12.9. The monoisotopic (exact) mass is 393 g/mol. The van der Waals surface area contributed by atoms with Crippen LogP contribution in [0.1, 0.15) is 39.2 Å². The van der Waals surface area contributed by atoms with Crippen molar-refractivity contribution in [1.29, 1.82) is 0 Å². The van der Waals surface area contributed by atoms with Crippen LogP contribution in [-0.4, -0.2) is 29.2 Å². The van der Waals surface area contributed by atoms with Crippen LogP contribution in [-0.2, 0) is 19.8 Å². The van der Waals surface area contributed by atoms with Crippen LogP contribution in [0.25, 0.3) is 0 Å². The first-order valence-electron chi connectivity index (χ1n) is 10.6. The number of carbonyl (C=O) groups is 3. The van der Waals surface area contributed by atoms with Gasteiger partial charge in [-0.2, -0.15) is 0 Å². The number of ether oxygens (including phenoxy) is 1. The molecule has 29 heavy (non-hydrogen) atoms. The van der Waals surface area contributed by atoms with E-state index in [0.29, 0.717) is 17.6 Å². The number of hydrogen-bond acceptors (Lipinski definition) is 4. The highest BCUT2D eigenvalue weighted by molar-refractivity contribution is 6.06. The molecule has 3 fully saturated rings. The molecule has 6 atom stereocenters. The molecule has 1 saturated heterocycles. The summed E-state index contributed by atoms with van der Waals surface area (Å²) in [5, 5.41) is 0. The van der Waals surface area contributed by atoms with E-state index in [4.69, 9.17) is 4.74 Å². The maximum Gasteiger partial charge on any atom is 0.312 e. The van der Waals surface area contributed by atoms with E-state index in [-0.39, 0.29) is 53.9 Å². The highest BCUT2D eigenvalue weighted by Gasteiger charge is 2.66. The molecule has 0 aromatic heterocycles. The summed E-state index contributed by atoms with van der Waals surface area (Å²) in [6, 6.07) is 7.48. The lowest BCUT2D eigenvalue weighted by Gasteiger charge is -2.37. The third-order valence-corrected chi connectivity index (χ3v) is 7.25. The van der Waals surface area contributed by atoms with Gasteiger partial charge in [-0.15, -0.1) is 0 Å². The zero-order valence-corrected chi connectivity index (χ0v) is 17.1. The average molecular weight is 393 g/mol. The minimum Gasteiger partial charge on any atom is -0.426 e. The summed E-state index contributed by atoms with van der Waals surface area (Å²) in [7, 11) is 0. The van der Waals surface area contributed by atoms with Gasteiger partial charge in [-0.3, -0.25) is 19.3 Å². The summed E-state index contributed by atoms with van der Waals surface area (Å²) < 4.78 is 5.41. The van der Waals surface area contributed by atoms with Crippen LogP contribution in [0.3, 0.4) is 0 Å².